The minimum absolute atomic E-state index is 0.0128. The Kier molecular flexibility index (Phi) is 3.02. The predicted octanol–water partition coefficient (Wildman–Crippen LogP) is 4.29. The van der Waals surface area contributed by atoms with Crippen molar-refractivity contribution in [1.82, 2.24) is 0 Å². The van der Waals surface area contributed by atoms with E-state index in [1.165, 1.54) is 18.4 Å². The average molecular weight is 385 g/mol. The molecule has 0 unspecified atom stereocenters. The highest BCUT2D eigenvalue weighted by atomic mass is 16.7. The summed E-state index contributed by atoms with van der Waals surface area (Å²) in [5, 5.41) is 0. The Morgan fingerprint density at radius 1 is 0.964 bits per heavy atom. The van der Waals surface area contributed by atoms with Gasteiger partial charge in [0.25, 0.3) is 0 Å². The van der Waals surface area contributed by atoms with E-state index in [1.807, 2.05) is 0 Å². The van der Waals surface area contributed by atoms with E-state index < -0.39 is 0 Å². The molecule has 3 saturated carbocycles. The van der Waals surface area contributed by atoms with Gasteiger partial charge >= 0.3 is 0 Å². The lowest BCUT2D eigenvalue weighted by atomic mass is 9.52. The first-order valence-electron chi connectivity index (χ1n) is 11.5. The second kappa shape index (κ2) is 4.96. The Morgan fingerprint density at radius 2 is 1.82 bits per heavy atom. The van der Waals surface area contributed by atoms with Crippen molar-refractivity contribution in [3.8, 4) is 0 Å². The molecule has 3 saturated heterocycles. The zero-order valence-corrected chi connectivity index (χ0v) is 17.1. The van der Waals surface area contributed by atoms with Gasteiger partial charge in [0.05, 0.1) is 25.4 Å². The van der Waals surface area contributed by atoms with E-state index in [4.69, 9.17) is 18.9 Å². The number of fused-ring (bicyclic) bond motifs is 4. The van der Waals surface area contributed by atoms with Gasteiger partial charge in [0.15, 0.2) is 5.79 Å². The summed E-state index contributed by atoms with van der Waals surface area (Å²) in [6.07, 6.45) is 12.5. The van der Waals surface area contributed by atoms with E-state index >= 15 is 0 Å². The summed E-state index contributed by atoms with van der Waals surface area (Å²) in [4.78, 5) is 0. The molecule has 3 heterocycles. The van der Waals surface area contributed by atoms with Crippen LogP contribution < -0.4 is 0 Å². The Balaban J connectivity index is 1.25. The van der Waals surface area contributed by atoms with Crippen LogP contribution in [-0.4, -0.2) is 42.4 Å². The highest BCUT2D eigenvalue weighted by Gasteiger charge is 2.79. The van der Waals surface area contributed by atoms with Gasteiger partial charge in [-0.15, -0.1) is 0 Å². The van der Waals surface area contributed by atoms with Gasteiger partial charge in [-0.05, 0) is 67.9 Å². The van der Waals surface area contributed by atoms with E-state index in [1.54, 1.807) is 5.57 Å². The Bertz CT molecular complexity index is 796. The molecule has 0 aromatic rings. The van der Waals surface area contributed by atoms with Crippen LogP contribution in [-0.2, 0) is 18.9 Å². The van der Waals surface area contributed by atoms with Crippen molar-refractivity contribution >= 4 is 0 Å². The van der Waals surface area contributed by atoms with Crippen molar-refractivity contribution in [2.24, 2.45) is 17.3 Å². The topological polar surface area (TPSA) is 40.2 Å². The lowest BCUT2D eigenvalue weighted by Gasteiger charge is -2.52. The van der Waals surface area contributed by atoms with Crippen molar-refractivity contribution in [3.05, 3.63) is 23.8 Å². The minimum Gasteiger partial charge on any atom is -0.370 e. The zero-order chi connectivity index (χ0) is 18.8. The molecule has 0 radical (unpaired) electrons. The molecule has 0 bridgehead atoms. The van der Waals surface area contributed by atoms with Crippen LogP contribution in [0.15, 0.2) is 23.8 Å². The van der Waals surface area contributed by atoms with Crippen LogP contribution >= 0.6 is 0 Å². The highest BCUT2D eigenvalue weighted by Crippen LogP contribution is 2.75. The van der Waals surface area contributed by atoms with Crippen molar-refractivity contribution in [1.29, 1.82) is 0 Å². The van der Waals surface area contributed by atoms with Crippen LogP contribution in [0.1, 0.15) is 64.7 Å². The number of allylic oxidation sites excluding steroid dienone is 1. The molecule has 4 aliphatic carbocycles. The first-order valence-corrected chi connectivity index (χ1v) is 11.5. The van der Waals surface area contributed by atoms with E-state index in [9.17, 15) is 0 Å². The molecule has 0 aromatic heterocycles. The minimum atomic E-state index is -0.358. The lowest BCUT2D eigenvalue weighted by Crippen LogP contribution is -2.54. The van der Waals surface area contributed by atoms with Crippen LogP contribution in [0.4, 0.5) is 0 Å². The quantitative estimate of drug-likeness (QED) is 0.461. The van der Waals surface area contributed by atoms with Gasteiger partial charge in [-0.2, -0.15) is 0 Å². The van der Waals surface area contributed by atoms with Gasteiger partial charge in [-0.25, -0.2) is 0 Å². The van der Waals surface area contributed by atoms with Crippen molar-refractivity contribution < 1.29 is 18.9 Å². The summed E-state index contributed by atoms with van der Waals surface area (Å²) in [5.74, 6) is 1.00. The van der Waals surface area contributed by atoms with E-state index in [2.05, 4.69) is 19.6 Å². The first kappa shape index (κ1) is 17.0. The van der Waals surface area contributed by atoms with Crippen LogP contribution in [0.5, 0.6) is 0 Å². The number of rotatable bonds is 0. The standard InChI is InChI=1S/C24H32O4/c1-16-6-12-27-23(16)9-5-18-17-3-8-21-15-22(25-13-14-26-22)10-11-24(21,28-21)19(17)4-7-20(18,23)2/h4,17-18H,1,3,5-15H2,2H3/t17-,18-,20-,21+,23+,24+/m0/s1. The van der Waals surface area contributed by atoms with Gasteiger partial charge < -0.3 is 18.9 Å². The SMILES string of the molecule is C=C1CCO[C@]12CC[C@H]1[C@@H]3CC[C@@]45CC6(CC[C@@]4(O5)C3=CC[C@@]12C)OCCO6. The first-order chi connectivity index (χ1) is 13.5. The zero-order valence-electron chi connectivity index (χ0n) is 17.1. The monoisotopic (exact) mass is 384 g/mol. The molecule has 4 heteroatoms. The van der Waals surface area contributed by atoms with E-state index in [-0.39, 0.29) is 28.0 Å². The van der Waals surface area contributed by atoms with Gasteiger partial charge in [0.2, 0.25) is 0 Å². The van der Waals surface area contributed by atoms with Crippen LogP contribution in [0.2, 0.25) is 0 Å². The number of epoxide rings is 1. The molecule has 0 aromatic carbocycles. The summed E-state index contributed by atoms with van der Waals surface area (Å²) in [6.45, 7) is 9.29. The van der Waals surface area contributed by atoms with Gasteiger partial charge in [0.1, 0.15) is 11.2 Å². The Morgan fingerprint density at radius 3 is 2.61 bits per heavy atom. The van der Waals surface area contributed by atoms with E-state index in [0.717, 1.165) is 64.8 Å². The van der Waals surface area contributed by atoms with Gasteiger partial charge in [-0.1, -0.05) is 19.6 Å². The maximum atomic E-state index is 6.71. The largest absolute Gasteiger partial charge is 0.370 e. The maximum Gasteiger partial charge on any atom is 0.171 e. The smallest absolute Gasteiger partial charge is 0.171 e. The molecule has 6 atom stereocenters. The van der Waals surface area contributed by atoms with Crippen molar-refractivity contribution in [2.45, 2.75) is 87.3 Å². The summed E-state index contributed by atoms with van der Waals surface area (Å²) >= 11 is 0. The third kappa shape index (κ3) is 1.68. The van der Waals surface area contributed by atoms with Crippen LogP contribution in [0.3, 0.4) is 0 Å². The third-order valence-corrected chi connectivity index (χ3v) is 10.1. The fourth-order valence-corrected chi connectivity index (χ4v) is 8.80. The van der Waals surface area contributed by atoms with Gasteiger partial charge in [0, 0.05) is 18.3 Å². The summed E-state index contributed by atoms with van der Waals surface area (Å²) < 4.78 is 25.3. The second-order valence-corrected chi connectivity index (χ2v) is 10.8. The molecule has 28 heavy (non-hydrogen) atoms. The second-order valence-electron chi connectivity index (χ2n) is 10.8. The third-order valence-electron chi connectivity index (χ3n) is 10.1. The molecule has 6 fully saturated rings. The molecule has 4 nitrogen and oxygen atoms in total. The normalized spacial score (nSPS) is 55.6. The molecule has 0 amide bonds. The summed E-state index contributed by atoms with van der Waals surface area (Å²) in [5.41, 5.74) is 3.09. The summed E-state index contributed by atoms with van der Waals surface area (Å²) in [7, 11) is 0. The van der Waals surface area contributed by atoms with Crippen LogP contribution in [0, 0.1) is 17.3 Å². The van der Waals surface area contributed by atoms with Crippen molar-refractivity contribution in [2.75, 3.05) is 19.8 Å². The number of hydrogen-bond acceptors (Lipinski definition) is 4. The molecular weight excluding hydrogens is 352 g/mol. The Hall–Kier alpha value is -0.680. The molecule has 7 aliphatic rings. The molecule has 0 N–H and O–H groups in total. The Labute approximate surface area is 167 Å². The van der Waals surface area contributed by atoms with Crippen LogP contribution in [0.25, 0.3) is 0 Å². The highest BCUT2D eigenvalue weighted by molar-refractivity contribution is 5.44. The fraction of sp³-hybridized carbons (Fsp3) is 0.833. The van der Waals surface area contributed by atoms with Crippen molar-refractivity contribution in [3.63, 3.8) is 0 Å². The van der Waals surface area contributed by atoms with E-state index in [0.29, 0.717) is 11.8 Å². The molecule has 152 valence electrons. The fourth-order valence-electron chi connectivity index (χ4n) is 8.80. The lowest BCUT2D eigenvalue weighted by molar-refractivity contribution is -0.185. The average Bonchev–Trinajstić information content (AvgIpc) is 2.95. The summed E-state index contributed by atoms with van der Waals surface area (Å²) in [6, 6.07) is 0. The maximum absolute atomic E-state index is 6.71. The molecule has 2 spiro atoms. The molecular formula is C24H32O4. The predicted molar refractivity (Wildman–Crippen MR) is 104 cm³/mol. The number of hydrogen-bond donors (Lipinski definition) is 0. The van der Waals surface area contributed by atoms with Gasteiger partial charge in [-0.3, -0.25) is 0 Å². The number of ether oxygens (including phenoxy) is 4. The molecule has 3 aliphatic heterocycles. The molecule has 7 rings (SSSR count).